The smallest absolute Gasteiger partial charge is 0.328 e. The fourth-order valence-corrected chi connectivity index (χ4v) is 2.36. The number of nitrogen functional groups attached to an aromatic ring is 2. The van der Waals surface area contributed by atoms with E-state index in [2.05, 4.69) is 0 Å². The van der Waals surface area contributed by atoms with E-state index in [1.54, 1.807) is 18.2 Å². The van der Waals surface area contributed by atoms with Gasteiger partial charge in [0.1, 0.15) is 6.04 Å². The molecule has 1 aliphatic heterocycles. The van der Waals surface area contributed by atoms with Crippen molar-refractivity contribution >= 4 is 23.3 Å². The second-order valence-electron chi connectivity index (χ2n) is 4.57. The summed E-state index contributed by atoms with van der Waals surface area (Å²) in [6, 6.07) is 4.19. The van der Waals surface area contributed by atoms with Crippen LogP contribution in [0.3, 0.4) is 0 Å². The lowest BCUT2D eigenvalue weighted by Gasteiger charge is -2.22. The molecule has 0 aliphatic carbocycles. The third-order valence-corrected chi connectivity index (χ3v) is 3.21. The molecule has 6 heteroatoms. The standard InChI is InChI=1S/C13H17N3O3/c1-19-13(18)11-3-2-4-16(11)12(17)8-5-9(14)7-10(15)6-8/h5-7,11H,2-4,14-15H2,1H3. The van der Waals surface area contributed by atoms with Gasteiger partial charge in [0.05, 0.1) is 7.11 Å². The quantitative estimate of drug-likeness (QED) is 0.602. The first-order valence-corrected chi connectivity index (χ1v) is 6.07. The highest BCUT2D eigenvalue weighted by Crippen LogP contribution is 2.23. The summed E-state index contributed by atoms with van der Waals surface area (Å²) in [6.07, 6.45) is 1.40. The normalized spacial score (nSPS) is 18.4. The number of amides is 1. The van der Waals surface area contributed by atoms with Crippen molar-refractivity contribution in [3.05, 3.63) is 23.8 Å². The lowest BCUT2D eigenvalue weighted by atomic mass is 10.1. The van der Waals surface area contributed by atoms with E-state index < -0.39 is 6.04 Å². The first-order valence-electron chi connectivity index (χ1n) is 6.07. The monoisotopic (exact) mass is 263 g/mol. The summed E-state index contributed by atoms with van der Waals surface area (Å²) >= 11 is 0. The first kappa shape index (κ1) is 13.2. The number of ether oxygens (including phenoxy) is 1. The van der Waals surface area contributed by atoms with Gasteiger partial charge in [-0.15, -0.1) is 0 Å². The Morgan fingerprint density at radius 2 is 1.89 bits per heavy atom. The second kappa shape index (κ2) is 5.17. The molecule has 2 rings (SSSR count). The molecule has 1 atom stereocenters. The van der Waals surface area contributed by atoms with Gasteiger partial charge in [0, 0.05) is 23.5 Å². The number of anilines is 2. The highest BCUT2D eigenvalue weighted by atomic mass is 16.5. The van der Waals surface area contributed by atoms with Gasteiger partial charge in [0.2, 0.25) is 0 Å². The number of hydrogen-bond donors (Lipinski definition) is 2. The van der Waals surface area contributed by atoms with E-state index in [4.69, 9.17) is 16.2 Å². The molecule has 1 aromatic rings. The summed E-state index contributed by atoms with van der Waals surface area (Å²) in [4.78, 5) is 25.5. The maximum absolute atomic E-state index is 12.4. The van der Waals surface area contributed by atoms with Crippen LogP contribution < -0.4 is 11.5 Å². The van der Waals surface area contributed by atoms with Gasteiger partial charge in [-0.25, -0.2) is 4.79 Å². The van der Waals surface area contributed by atoms with Crippen LogP contribution in [0.5, 0.6) is 0 Å². The molecule has 1 heterocycles. The molecule has 1 amide bonds. The van der Waals surface area contributed by atoms with Crippen LogP contribution >= 0.6 is 0 Å². The molecule has 19 heavy (non-hydrogen) atoms. The van der Waals surface area contributed by atoms with Crippen LogP contribution in [-0.2, 0) is 9.53 Å². The van der Waals surface area contributed by atoms with Gasteiger partial charge in [-0.3, -0.25) is 4.79 Å². The van der Waals surface area contributed by atoms with E-state index >= 15 is 0 Å². The minimum atomic E-state index is -0.514. The highest BCUT2D eigenvalue weighted by molar-refractivity contribution is 5.98. The average Bonchev–Trinajstić information content (AvgIpc) is 2.84. The summed E-state index contributed by atoms with van der Waals surface area (Å²) in [5, 5.41) is 0. The van der Waals surface area contributed by atoms with Gasteiger partial charge in [-0.05, 0) is 31.0 Å². The molecule has 4 N–H and O–H groups in total. The zero-order valence-electron chi connectivity index (χ0n) is 10.8. The molecule has 0 saturated carbocycles. The third-order valence-electron chi connectivity index (χ3n) is 3.21. The number of likely N-dealkylation sites (tertiary alicyclic amines) is 1. The van der Waals surface area contributed by atoms with E-state index in [9.17, 15) is 9.59 Å². The Bertz CT molecular complexity index is 496. The van der Waals surface area contributed by atoms with Crippen LogP contribution in [0.25, 0.3) is 0 Å². The Morgan fingerprint density at radius 1 is 1.26 bits per heavy atom. The predicted molar refractivity (Wildman–Crippen MR) is 71.3 cm³/mol. The summed E-state index contributed by atoms with van der Waals surface area (Å²) in [5.74, 6) is -0.630. The Balaban J connectivity index is 2.25. The number of rotatable bonds is 2. The Labute approximate surface area is 111 Å². The molecule has 1 aromatic carbocycles. The zero-order valence-corrected chi connectivity index (χ0v) is 10.8. The number of esters is 1. The maximum Gasteiger partial charge on any atom is 0.328 e. The fourth-order valence-electron chi connectivity index (χ4n) is 2.36. The van der Waals surface area contributed by atoms with Crippen molar-refractivity contribution in [3.8, 4) is 0 Å². The molecule has 1 unspecified atom stereocenters. The molecule has 0 bridgehead atoms. The van der Waals surface area contributed by atoms with Crippen molar-refractivity contribution in [2.24, 2.45) is 0 Å². The van der Waals surface area contributed by atoms with Crippen LogP contribution in [0.4, 0.5) is 11.4 Å². The van der Waals surface area contributed by atoms with E-state index in [1.165, 1.54) is 12.0 Å². The number of nitrogens with two attached hydrogens (primary N) is 2. The molecule has 6 nitrogen and oxygen atoms in total. The number of hydrogen-bond acceptors (Lipinski definition) is 5. The van der Waals surface area contributed by atoms with Gasteiger partial charge >= 0.3 is 5.97 Å². The summed E-state index contributed by atoms with van der Waals surface area (Å²) in [7, 11) is 1.32. The van der Waals surface area contributed by atoms with E-state index in [0.717, 1.165) is 6.42 Å². The molecule has 1 aliphatic rings. The van der Waals surface area contributed by atoms with Crippen LogP contribution in [0.1, 0.15) is 23.2 Å². The van der Waals surface area contributed by atoms with Gasteiger partial charge in [-0.1, -0.05) is 0 Å². The third kappa shape index (κ3) is 2.62. The van der Waals surface area contributed by atoms with Crippen molar-refractivity contribution in [2.75, 3.05) is 25.1 Å². The molecule has 0 radical (unpaired) electrons. The van der Waals surface area contributed by atoms with Crippen LogP contribution in [-0.4, -0.2) is 36.5 Å². The van der Waals surface area contributed by atoms with Crippen molar-refractivity contribution in [2.45, 2.75) is 18.9 Å². The molecule has 1 saturated heterocycles. The predicted octanol–water partition coefficient (Wildman–Crippen LogP) is 0.629. The second-order valence-corrected chi connectivity index (χ2v) is 4.57. The zero-order chi connectivity index (χ0) is 14.0. The molecule has 0 spiro atoms. The first-order chi connectivity index (χ1) is 9.02. The maximum atomic E-state index is 12.4. The van der Waals surface area contributed by atoms with Gasteiger partial charge in [0.25, 0.3) is 5.91 Å². The Kier molecular flexibility index (Phi) is 3.59. The van der Waals surface area contributed by atoms with Gasteiger partial charge in [0.15, 0.2) is 0 Å². The summed E-state index contributed by atoms with van der Waals surface area (Å²) in [6.45, 7) is 0.535. The van der Waals surface area contributed by atoms with Crippen molar-refractivity contribution in [1.29, 1.82) is 0 Å². The Morgan fingerprint density at radius 3 is 2.47 bits per heavy atom. The van der Waals surface area contributed by atoms with Crippen molar-refractivity contribution < 1.29 is 14.3 Å². The van der Waals surface area contributed by atoms with E-state index in [-0.39, 0.29) is 11.9 Å². The molecule has 0 aromatic heterocycles. The van der Waals surface area contributed by atoms with E-state index in [1.807, 2.05) is 0 Å². The fraction of sp³-hybridized carbons (Fsp3) is 0.385. The highest BCUT2D eigenvalue weighted by Gasteiger charge is 2.35. The molecular weight excluding hydrogens is 246 g/mol. The number of nitrogens with zero attached hydrogens (tertiary/aromatic N) is 1. The molecular formula is C13H17N3O3. The van der Waals surface area contributed by atoms with Crippen LogP contribution in [0, 0.1) is 0 Å². The van der Waals surface area contributed by atoms with Crippen molar-refractivity contribution in [3.63, 3.8) is 0 Å². The Hall–Kier alpha value is -2.24. The minimum Gasteiger partial charge on any atom is -0.467 e. The SMILES string of the molecule is COC(=O)C1CCCN1C(=O)c1cc(N)cc(N)c1. The minimum absolute atomic E-state index is 0.244. The van der Waals surface area contributed by atoms with Gasteiger partial charge < -0.3 is 21.1 Å². The molecule has 102 valence electrons. The number of benzene rings is 1. The van der Waals surface area contributed by atoms with E-state index in [0.29, 0.717) is 29.9 Å². The lowest BCUT2D eigenvalue weighted by molar-refractivity contribution is -0.145. The molecule has 1 fully saturated rings. The van der Waals surface area contributed by atoms with Crippen molar-refractivity contribution in [1.82, 2.24) is 4.90 Å². The lowest BCUT2D eigenvalue weighted by Crippen LogP contribution is -2.41. The van der Waals surface area contributed by atoms with Crippen LogP contribution in [0.15, 0.2) is 18.2 Å². The number of carbonyl (C=O) groups excluding carboxylic acids is 2. The topological polar surface area (TPSA) is 98.6 Å². The number of methoxy groups -OCH3 is 1. The largest absolute Gasteiger partial charge is 0.467 e. The summed E-state index contributed by atoms with van der Waals surface area (Å²) in [5.41, 5.74) is 12.6. The number of carbonyl (C=O) groups is 2. The summed E-state index contributed by atoms with van der Waals surface area (Å²) < 4.78 is 4.72. The van der Waals surface area contributed by atoms with Crippen LogP contribution in [0.2, 0.25) is 0 Å². The van der Waals surface area contributed by atoms with Gasteiger partial charge in [-0.2, -0.15) is 0 Å². The average molecular weight is 263 g/mol.